The van der Waals surface area contributed by atoms with Gasteiger partial charge in [-0.1, -0.05) is 12.5 Å². The number of Topliss-reactive ketones (excluding diaryl/α,β-unsaturated/α-hetero) is 1. The van der Waals surface area contributed by atoms with E-state index < -0.39 is 5.97 Å². The number of fused-ring (bicyclic) bond motifs is 1. The number of nitrogens with zero attached hydrogens (tertiary/aromatic N) is 3. The first kappa shape index (κ1) is 22.1. The van der Waals surface area contributed by atoms with E-state index in [4.69, 9.17) is 4.98 Å². The second-order valence-corrected chi connectivity index (χ2v) is 8.28. The van der Waals surface area contributed by atoms with Crippen molar-refractivity contribution < 1.29 is 14.7 Å². The van der Waals surface area contributed by atoms with E-state index in [2.05, 4.69) is 22.1 Å². The fraction of sp³-hybridized carbons (Fsp3) is 0.542. The van der Waals surface area contributed by atoms with Crippen LogP contribution < -0.4 is 0 Å². The van der Waals surface area contributed by atoms with Gasteiger partial charge in [-0.3, -0.25) is 14.6 Å². The molecule has 0 aromatic carbocycles. The number of ketones is 1. The highest BCUT2D eigenvalue weighted by Crippen LogP contribution is 2.24. The molecular formula is C24H31N3O3. The molecule has 1 N–H and O–H groups in total. The van der Waals surface area contributed by atoms with Crippen molar-refractivity contribution in [3.05, 3.63) is 52.9 Å². The molecule has 0 spiro atoms. The third-order valence-electron chi connectivity index (χ3n) is 5.79. The van der Waals surface area contributed by atoms with Crippen LogP contribution in [0.2, 0.25) is 0 Å². The quantitative estimate of drug-likeness (QED) is 0.462. The smallest absolute Gasteiger partial charge is 0.303 e. The summed E-state index contributed by atoms with van der Waals surface area (Å²) in [6, 6.07) is 4.36. The SMILES string of the molecule is Cc1ncc(C(CC(=O)O)CC(=O)CCCCc2ccc3c(n2)CCCCC3)cn1. The first-order valence-corrected chi connectivity index (χ1v) is 11.0. The molecule has 0 radical (unpaired) electrons. The zero-order valence-corrected chi connectivity index (χ0v) is 17.8. The second kappa shape index (κ2) is 11.0. The molecular weight excluding hydrogens is 378 g/mol. The number of rotatable bonds is 10. The largest absolute Gasteiger partial charge is 0.481 e. The molecule has 2 aromatic heterocycles. The van der Waals surface area contributed by atoms with Gasteiger partial charge in [0.05, 0.1) is 6.42 Å². The van der Waals surface area contributed by atoms with Crippen LogP contribution in [0.15, 0.2) is 24.5 Å². The minimum atomic E-state index is -0.914. The molecule has 6 nitrogen and oxygen atoms in total. The summed E-state index contributed by atoms with van der Waals surface area (Å²) in [4.78, 5) is 36.8. The van der Waals surface area contributed by atoms with Crippen molar-refractivity contribution in [3.63, 3.8) is 0 Å². The van der Waals surface area contributed by atoms with Crippen LogP contribution in [0.5, 0.6) is 0 Å². The Balaban J connectivity index is 1.47. The Morgan fingerprint density at radius 1 is 1.03 bits per heavy atom. The van der Waals surface area contributed by atoms with Gasteiger partial charge >= 0.3 is 5.97 Å². The van der Waals surface area contributed by atoms with Gasteiger partial charge in [-0.15, -0.1) is 0 Å². The number of aryl methyl sites for hydroxylation is 4. The van der Waals surface area contributed by atoms with Crippen molar-refractivity contribution in [1.29, 1.82) is 0 Å². The van der Waals surface area contributed by atoms with Crippen LogP contribution in [0.25, 0.3) is 0 Å². The van der Waals surface area contributed by atoms with Crippen LogP contribution in [0, 0.1) is 6.92 Å². The molecule has 0 saturated carbocycles. The normalized spacial score (nSPS) is 14.6. The van der Waals surface area contributed by atoms with E-state index in [1.165, 1.54) is 30.5 Å². The van der Waals surface area contributed by atoms with Crippen molar-refractivity contribution in [2.45, 2.75) is 83.5 Å². The lowest BCUT2D eigenvalue weighted by molar-refractivity contribution is -0.137. The number of carboxylic acid groups (broad SMARTS) is 1. The van der Waals surface area contributed by atoms with E-state index in [1.54, 1.807) is 19.3 Å². The number of aromatic nitrogens is 3. The van der Waals surface area contributed by atoms with Gasteiger partial charge in [-0.25, -0.2) is 9.97 Å². The zero-order chi connectivity index (χ0) is 21.3. The van der Waals surface area contributed by atoms with E-state index in [0.29, 0.717) is 17.8 Å². The second-order valence-electron chi connectivity index (χ2n) is 8.28. The monoisotopic (exact) mass is 409 g/mol. The molecule has 6 heteroatoms. The van der Waals surface area contributed by atoms with Crippen molar-refractivity contribution in [2.24, 2.45) is 0 Å². The van der Waals surface area contributed by atoms with Crippen LogP contribution >= 0.6 is 0 Å². The summed E-state index contributed by atoms with van der Waals surface area (Å²) in [7, 11) is 0. The minimum absolute atomic E-state index is 0.0861. The average Bonchev–Trinajstić information content (AvgIpc) is 2.96. The number of carboxylic acids is 1. The van der Waals surface area contributed by atoms with Gasteiger partial charge in [0, 0.05) is 42.5 Å². The number of hydrogen-bond donors (Lipinski definition) is 1. The molecule has 1 aliphatic rings. The van der Waals surface area contributed by atoms with E-state index in [1.807, 2.05) is 0 Å². The molecule has 0 amide bonds. The summed E-state index contributed by atoms with van der Waals surface area (Å²) in [5.74, 6) is -0.563. The highest BCUT2D eigenvalue weighted by molar-refractivity contribution is 5.80. The Bertz CT molecular complexity index is 864. The highest BCUT2D eigenvalue weighted by atomic mass is 16.4. The lowest BCUT2D eigenvalue weighted by atomic mass is 9.91. The third kappa shape index (κ3) is 6.71. The summed E-state index contributed by atoms with van der Waals surface area (Å²) in [6.07, 6.45) is 12.4. The molecule has 0 saturated heterocycles. The summed E-state index contributed by atoms with van der Waals surface area (Å²) in [5, 5.41) is 9.20. The lowest BCUT2D eigenvalue weighted by Gasteiger charge is -2.14. The standard InChI is InChI=1S/C24H31N3O3/c1-17-25-15-20(16-26-17)19(14-24(29)30)13-22(28)9-6-5-8-21-12-11-18-7-3-2-4-10-23(18)27-21/h11-12,15-16,19H,2-10,13-14H2,1H3,(H,29,30). The van der Waals surface area contributed by atoms with E-state index in [0.717, 1.165) is 37.8 Å². The highest BCUT2D eigenvalue weighted by Gasteiger charge is 2.20. The first-order valence-electron chi connectivity index (χ1n) is 11.0. The Hall–Kier alpha value is -2.63. The molecule has 2 heterocycles. The van der Waals surface area contributed by atoms with Crippen LogP contribution in [0.3, 0.4) is 0 Å². The maximum absolute atomic E-state index is 12.5. The topological polar surface area (TPSA) is 93.0 Å². The Kier molecular flexibility index (Phi) is 8.05. The maximum Gasteiger partial charge on any atom is 0.303 e. The molecule has 1 unspecified atom stereocenters. The molecule has 160 valence electrons. The zero-order valence-electron chi connectivity index (χ0n) is 17.8. The number of hydrogen-bond acceptors (Lipinski definition) is 5. The molecule has 1 aliphatic carbocycles. The summed E-state index contributed by atoms with van der Waals surface area (Å²) in [5.41, 5.74) is 4.49. The molecule has 3 rings (SSSR count). The van der Waals surface area contributed by atoms with Crippen LogP contribution in [-0.4, -0.2) is 31.8 Å². The van der Waals surface area contributed by atoms with Gasteiger partial charge in [0.2, 0.25) is 0 Å². The van der Waals surface area contributed by atoms with E-state index in [9.17, 15) is 14.7 Å². The van der Waals surface area contributed by atoms with Crippen molar-refractivity contribution >= 4 is 11.8 Å². The van der Waals surface area contributed by atoms with Gasteiger partial charge in [-0.2, -0.15) is 0 Å². The first-order chi connectivity index (χ1) is 14.5. The van der Waals surface area contributed by atoms with Gasteiger partial charge < -0.3 is 5.11 Å². The summed E-state index contributed by atoms with van der Waals surface area (Å²) in [6.45, 7) is 1.78. The molecule has 0 aliphatic heterocycles. The summed E-state index contributed by atoms with van der Waals surface area (Å²) < 4.78 is 0. The van der Waals surface area contributed by atoms with Crippen LogP contribution in [-0.2, 0) is 28.9 Å². The third-order valence-corrected chi connectivity index (χ3v) is 5.79. The van der Waals surface area contributed by atoms with Crippen molar-refractivity contribution in [2.75, 3.05) is 0 Å². The molecule has 0 fully saturated rings. The number of pyridine rings is 1. The van der Waals surface area contributed by atoms with Gasteiger partial charge in [0.25, 0.3) is 0 Å². The molecule has 2 aromatic rings. The minimum Gasteiger partial charge on any atom is -0.481 e. The Labute approximate surface area is 178 Å². The molecule has 30 heavy (non-hydrogen) atoms. The molecule has 0 bridgehead atoms. The fourth-order valence-corrected chi connectivity index (χ4v) is 4.08. The van der Waals surface area contributed by atoms with Crippen LogP contribution in [0.1, 0.15) is 85.6 Å². The number of unbranched alkanes of at least 4 members (excludes halogenated alkanes) is 1. The number of carbonyl (C=O) groups is 2. The fourth-order valence-electron chi connectivity index (χ4n) is 4.08. The van der Waals surface area contributed by atoms with Gasteiger partial charge in [-0.05, 0) is 69.1 Å². The Morgan fingerprint density at radius 3 is 2.57 bits per heavy atom. The Morgan fingerprint density at radius 2 is 1.80 bits per heavy atom. The molecule has 1 atom stereocenters. The van der Waals surface area contributed by atoms with E-state index >= 15 is 0 Å². The number of aliphatic carboxylic acids is 1. The van der Waals surface area contributed by atoms with E-state index in [-0.39, 0.29) is 24.5 Å². The van der Waals surface area contributed by atoms with Crippen LogP contribution in [0.4, 0.5) is 0 Å². The van der Waals surface area contributed by atoms with Crippen molar-refractivity contribution in [3.8, 4) is 0 Å². The van der Waals surface area contributed by atoms with Gasteiger partial charge in [0.1, 0.15) is 11.6 Å². The van der Waals surface area contributed by atoms with Gasteiger partial charge in [0.15, 0.2) is 0 Å². The summed E-state index contributed by atoms with van der Waals surface area (Å²) >= 11 is 0. The predicted octanol–water partition coefficient (Wildman–Crippen LogP) is 4.38. The lowest BCUT2D eigenvalue weighted by Crippen LogP contribution is -2.12. The number of carbonyl (C=O) groups excluding carboxylic acids is 1. The van der Waals surface area contributed by atoms with Crippen molar-refractivity contribution in [1.82, 2.24) is 15.0 Å². The predicted molar refractivity (Wildman–Crippen MR) is 114 cm³/mol. The average molecular weight is 410 g/mol. The maximum atomic E-state index is 12.5.